The molecule has 2 rings (SSSR count). The Balaban J connectivity index is 2.42. The molecule has 0 fully saturated rings. The van der Waals surface area contributed by atoms with Crippen molar-refractivity contribution in [3.63, 3.8) is 0 Å². The van der Waals surface area contributed by atoms with Crippen LogP contribution in [0.4, 0.5) is 0 Å². The van der Waals surface area contributed by atoms with E-state index in [9.17, 15) is 4.79 Å². The van der Waals surface area contributed by atoms with Crippen LogP contribution in [0.15, 0.2) is 48.5 Å². The summed E-state index contributed by atoms with van der Waals surface area (Å²) in [6.07, 6.45) is 0.713. The molecule has 0 saturated heterocycles. The first kappa shape index (κ1) is 14.1. The first-order valence-electron chi connectivity index (χ1n) is 6.18. The molecular weight excluding hydrogens is 279 g/mol. The van der Waals surface area contributed by atoms with Gasteiger partial charge in [-0.05, 0) is 24.1 Å². The van der Waals surface area contributed by atoms with E-state index in [0.717, 1.165) is 5.56 Å². The normalized spacial score (nSPS) is 12.2. The van der Waals surface area contributed by atoms with Crippen LogP contribution in [-0.2, 0) is 0 Å². The summed E-state index contributed by atoms with van der Waals surface area (Å²) in [6, 6.07) is 14.8. The predicted molar refractivity (Wildman–Crippen MR) is 80.3 cm³/mol. The molecule has 0 aromatic heterocycles. The molecule has 0 bridgehead atoms. The smallest absolute Gasteiger partial charge is 0.173 e. The third-order valence-corrected chi connectivity index (χ3v) is 3.77. The summed E-state index contributed by atoms with van der Waals surface area (Å²) in [5, 5.41) is 0.818. The molecule has 1 unspecified atom stereocenters. The van der Waals surface area contributed by atoms with Crippen LogP contribution >= 0.6 is 23.2 Å². The minimum atomic E-state index is -0.210. The zero-order chi connectivity index (χ0) is 13.8. The fraction of sp³-hybridized carbons (Fsp3) is 0.188. The van der Waals surface area contributed by atoms with E-state index in [1.807, 2.05) is 37.3 Å². The molecule has 0 amide bonds. The number of ketones is 1. The Hall–Kier alpha value is -1.31. The quantitative estimate of drug-likeness (QED) is 0.692. The van der Waals surface area contributed by atoms with Gasteiger partial charge in [-0.1, -0.05) is 66.5 Å². The maximum Gasteiger partial charge on any atom is 0.173 e. The van der Waals surface area contributed by atoms with Gasteiger partial charge in [0, 0.05) is 5.92 Å². The van der Waals surface area contributed by atoms with Gasteiger partial charge in [-0.25, -0.2) is 0 Å². The van der Waals surface area contributed by atoms with Crippen LogP contribution in [0.1, 0.15) is 35.2 Å². The van der Waals surface area contributed by atoms with Crippen molar-refractivity contribution in [3.8, 4) is 0 Å². The highest BCUT2D eigenvalue weighted by Gasteiger charge is 2.24. The van der Waals surface area contributed by atoms with Crippen molar-refractivity contribution in [2.24, 2.45) is 0 Å². The second-order valence-corrected chi connectivity index (χ2v) is 5.15. The van der Waals surface area contributed by atoms with E-state index in [2.05, 4.69) is 0 Å². The molecule has 98 valence electrons. The van der Waals surface area contributed by atoms with Gasteiger partial charge in [0.1, 0.15) is 0 Å². The van der Waals surface area contributed by atoms with Crippen LogP contribution in [0.2, 0.25) is 10.0 Å². The minimum absolute atomic E-state index is 0.0238. The number of hydrogen-bond acceptors (Lipinski definition) is 1. The van der Waals surface area contributed by atoms with E-state index >= 15 is 0 Å². The van der Waals surface area contributed by atoms with Crippen molar-refractivity contribution < 1.29 is 4.79 Å². The monoisotopic (exact) mass is 292 g/mol. The van der Waals surface area contributed by atoms with Gasteiger partial charge in [0.25, 0.3) is 0 Å². The molecular formula is C16H14Cl2O. The third-order valence-electron chi connectivity index (χ3n) is 3.14. The molecule has 3 heteroatoms. The number of benzene rings is 2. The summed E-state index contributed by atoms with van der Waals surface area (Å²) >= 11 is 12.2. The van der Waals surface area contributed by atoms with Crippen LogP contribution in [0.3, 0.4) is 0 Å². The molecule has 0 aliphatic carbocycles. The van der Waals surface area contributed by atoms with Crippen LogP contribution in [0, 0.1) is 0 Å². The minimum Gasteiger partial charge on any atom is -0.293 e. The van der Waals surface area contributed by atoms with E-state index in [1.54, 1.807) is 18.2 Å². The number of hydrogen-bond donors (Lipinski definition) is 0. The summed E-state index contributed by atoms with van der Waals surface area (Å²) in [5.41, 5.74) is 1.41. The lowest BCUT2D eigenvalue weighted by Crippen LogP contribution is -2.13. The van der Waals surface area contributed by atoms with E-state index in [-0.39, 0.29) is 11.7 Å². The van der Waals surface area contributed by atoms with Crippen molar-refractivity contribution in [1.82, 2.24) is 0 Å². The molecule has 0 heterocycles. The molecule has 2 aromatic carbocycles. The van der Waals surface area contributed by atoms with Gasteiger partial charge in [0.05, 0.1) is 15.6 Å². The van der Waals surface area contributed by atoms with Crippen LogP contribution in [-0.4, -0.2) is 5.78 Å². The zero-order valence-electron chi connectivity index (χ0n) is 10.6. The van der Waals surface area contributed by atoms with Gasteiger partial charge >= 0.3 is 0 Å². The summed E-state index contributed by atoms with van der Waals surface area (Å²) in [5.74, 6) is -0.233. The van der Waals surface area contributed by atoms with Gasteiger partial charge in [-0.2, -0.15) is 0 Å². The maximum absolute atomic E-state index is 12.6. The highest BCUT2D eigenvalue weighted by molar-refractivity contribution is 6.40. The summed E-state index contributed by atoms with van der Waals surface area (Å²) in [4.78, 5) is 12.6. The second-order valence-electron chi connectivity index (χ2n) is 4.33. The molecule has 19 heavy (non-hydrogen) atoms. The fourth-order valence-corrected chi connectivity index (χ4v) is 2.75. The topological polar surface area (TPSA) is 17.1 Å². The summed E-state index contributed by atoms with van der Waals surface area (Å²) < 4.78 is 0. The fourth-order valence-electron chi connectivity index (χ4n) is 2.17. The molecule has 0 aliphatic rings. The van der Waals surface area contributed by atoms with Gasteiger partial charge in [-0.15, -0.1) is 0 Å². The summed E-state index contributed by atoms with van der Waals surface area (Å²) in [7, 11) is 0. The molecule has 2 aromatic rings. The Morgan fingerprint density at radius 1 is 1.00 bits per heavy atom. The van der Waals surface area contributed by atoms with Crippen LogP contribution < -0.4 is 0 Å². The van der Waals surface area contributed by atoms with Crippen molar-refractivity contribution in [3.05, 3.63) is 69.7 Å². The van der Waals surface area contributed by atoms with Crippen molar-refractivity contribution in [1.29, 1.82) is 0 Å². The van der Waals surface area contributed by atoms with Crippen molar-refractivity contribution in [2.75, 3.05) is 0 Å². The van der Waals surface area contributed by atoms with Gasteiger partial charge in [-0.3, -0.25) is 4.79 Å². The highest BCUT2D eigenvalue weighted by atomic mass is 35.5. The molecule has 1 nitrogen and oxygen atoms in total. The van der Waals surface area contributed by atoms with Gasteiger partial charge in [0.2, 0.25) is 0 Å². The number of carbonyl (C=O) groups is 1. The van der Waals surface area contributed by atoms with E-state index in [0.29, 0.717) is 22.0 Å². The summed E-state index contributed by atoms with van der Waals surface area (Å²) in [6.45, 7) is 1.99. The SMILES string of the molecule is CCC(C(=O)c1c(Cl)cccc1Cl)c1ccccc1. The zero-order valence-corrected chi connectivity index (χ0v) is 12.1. The Kier molecular flexibility index (Phi) is 4.62. The van der Waals surface area contributed by atoms with Gasteiger partial charge in [0.15, 0.2) is 5.78 Å². The lowest BCUT2D eigenvalue weighted by molar-refractivity contribution is 0.0957. The Bertz CT molecular complexity index is 558. The van der Waals surface area contributed by atoms with E-state index in [1.165, 1.54) is 0 Å². The van der Waals surface area contributed by atoms with Crippen LogP contribution in [0.5, 0.6) is 0 Å². The lowest BCUT2D eigenvalue weighted by atomic mass is 9.88. The average molecular weight is 293 g/mol. The molecule has 0 aliphatic heterocycles. The average Bonchev–Trinajstić information content (AvgIpc) is 2.40. The first-order valence-corrected chi connectivity index (χ1v) is 6.94. The third kappa shape index (κ3) is 2.99. The Morgan fingerprint density at radius 3 is 2.11 bits per heavy atom. The Morgan fingerprint density at radius 2 is 1.58 bits per heavy atom. The van der Waals surface area contributed by atoms with Crippen LogP contribution in [0.25, 0.3) is 0 Å². The highest BCUT2D eigenvalue weighted by Crippen LogP contribution is 2.31. The van der Waals surface area contributed by atoms with Crippen molar-refractivity contribution in [2.45, 2.75) is 19.3 Å². The second kappa shape index (κ2) is 6.23. The van der Waals surface area contributed by atoms with E-state index < -0.39 is 0 Å². The molecule has 1 atom stereocenters. The predicted octanol–water partition coefficient (Wildman–Crippen LogP) is 5.37. The largest absolute Gasteiger partial charge is 0.293 e. The maximum atomic E-state index is 12.6. The number of carbonyl (C=O) groups excluding carboxylic acids is 1. The first-order chi connectivity index (χ1) is 9.15. The van der Waals surface area contributed by atoms with E-state index in [4.69, 9.17) is 23.2 Å². The molecule has 0 saturated carbocycles. The number of rotatable bonds is 4. The molecule has 0 spiro atoms. The number of halogens is 2. The standard InChI is InChI=1S/C16H14Cl2O/c1-2-12(11-7-4-3-5-8-11)16(19)15-13(17)9-6-10-14(15)18/h3-10,12H,2H2,1H3. The molecule has 0 N–H and O–H groups in total. The number of Topliss-reactive ketones (excluding diaryl/α,β-unsaturated/α-hetero) is 1. The van der Waals surface area contributed by atoms with Gasteiger partial charge < -0.3 is 0 Å². The van der Waals surface area contributed by atoms with Crippen molar-refractivity contribution >= 4 is 29.0 Å². The molecule has 0 radical (unpaired) electrons. The lowest BCUT2D eigenvalue weighted by Gasteiger charge is -2.16. The Labute approximate surface area is 123 Å².